The third-order valence-electron chi connectivity index (χ3n) is 6.82. The largest absolute Gasteiger partial charge is 0.356 e. The van der Waals surface area contributed by atoms with E-state index in [0.29, 0.717) is 17.4 Å². The number of rotatable bonds is 8. The minimum absolute atomic E-state index is 0.158. The molecule has 0 unspecified atom stereocenters. The Morgan fingerprint density at radius 2 is 1.88 bits per heavy atom. The monoisotopic (exact) mass is 435 g/mol. The fraction of sp³-hybridized carbons (Fsp3) is 0.462. The average Bonchev–Trinajstić information content (AvgIpc) is 3.55. The van der Waals surface area contributed by atoms with Crippen molar-refractivity contribution in [2.75, 3.05) is 32.7 Å². The smallest absolute Gasteiger partial charge is 0.253 e. The lowest BCUT2D eigenvalue weighted by molar-refractivity contribution is 0.0737. The summed E-state index contributed by atoms with van der Waals surface area (Å²) in [6.07, 6.45) is 5.52. The number of amides is 1. The lowest BCUT2D eigenvalue weighted by Crippen LogP contribution is -2.38. The van der Waals surface area contributed by atoms with E-state index < -0.39 is 0 Å². The zero-order valence-corrected chi connectivity index (χ0v) is 18.4. The van der Waals surface area contributed by atoms with E-state index in [0.717, 1.165) is 68.6 Å². The van der Waals surface area contributed by atoms with E-state index in [4.69, 9.17) is 4.52 Å². The number of hydrogen-bond acceptors (Lipinski definition) is 4. The Morgan fingerprint density at radius 1 is 1.09 bits per heavy atom. The minimum atomic E-state index is -0.295. The Bertz CT molecular complexity index is 1060. The van der Waals surface area contributed by atoms with E-state index in [1.165, 1.54) is 25.0 Å². The standard InChI is InChI=1S/C26H30FN3O2/c27-22-9-10-23-24(17-22)32-28-25(23)20-11-15-29(16-12-20)13-4-14-30(18-19-7-8-19)26(31)21-5-2-1-3-6-21/h1-3,5-6,9-10,17,19-20H,4,7-8,11-16,18H2. The van der Waals surface area contributed by atoms with Gasteiger partial charge in [0.15, 0.2) is 5.58 Å². The summed E-state index contributed by atoms with van der Waals surface area (Å²) < 4.78 is 18.8. The highest BCUT2D eigenvalue weighted by Gasteiger charge is 2.28. The predicted molar refractivity (Wildman–Crippen MR) is 122 cm³/mol. The highest BCUT2D eigenvalue weighted by atomic mass is 19.1. The zero-order chi connectivity index (χ0) is 21.9. The molecule has 1 saturated heterocycles. The number of piperidine rings is 1. The first-order valence-electron chi connectivity index (χ1n) is 11.8. The normalized spacial score (nSPS) is 17.7. The van der Waals surface area contributed by atoms with Crippen molar-refractivity contribution in [2.45, 2.75) is 38.0 Å². The van der Waals surface area contributed by atoms with Crippen LogP contribution < -0.4 is 0 Å². The molecule has 1 aromatic heterocycles. The number of hydrogen-bond donors (Lipinski definition) is 0. The fourth-order valence-electron chi connectivity index (χ4n) is 4.79. The van der Waals surface area contributed by atoms with Crippen LogP contribution in [0, 0.1) is 11.7 Å². The van der Waals surface area contributed by atoms with Gasteiger partial charge < -0.3 is 14.3 Å². The van der Waals surface area contributed by atoms with Crippen molar-refractivity contribution in [1.82, 2.24) is 15.0 Å². The number of likely N-dealkylation sites (tertiary alicyclic amines) is 1. The summed E-state index contributed by atoms with van der Waals surface area (Å²) in [7, 11) is 0. The molecule has 32 heavy (non-hydrogen) atoms. The molecule has 5 nitrogen and oxygen atoms in total. The third kappa shape index (κ3) is 4.85. The predicted octanol–water partition coefficient (Wildman–Crippen LogP) is 5.09. The van der Waals surface area contributed by atoms with Crippen molar-refractivity contribution in [2.24, 2.45) is 5.92 Å². The number of carbonyl (C=O) groups is 1. The summed E-state index contributed by atoms with van der Waals surface area (Å²) in [5, 5.41) is 5.18. The molecule has 2 fully saturated rings. The first-order chi connectivity index (χ1) is 15.7. The van der Waals surface area contributed by atoms with Gasteiger partial charge in [0.1, 0.15) is 5.82 Å². The van der Waals surface area contributed by atoms with Crippen molar-refractivity contribution in [3.63, 3.8) is 0 Å². The van der Waals surface area contributed by atoms with E-state index >= 15 is 0 Å². The second kappa shape index (κ2) is 9.41. The van der Waals surface area contributed by atoms with Crippen LogP contribution in [0.2, 0.25) is 0 Å². The van der Waals surface area contributed by atoms with Gasteiger partial charge in [0.25, 0.3) is 5.91 Å². The Labute approximate surface area is 188 Å². The summed E-state index contributed by atoms with van der Waals surface area (Å²) in [5.74, 6) is 0.898. The zero-order valence-electron chi connectivity index (χ0n) is 18.4. The maximum absolute atomic E-state index is 13.4. The molecular formula is C26H30FN3O2. The minimum Gasteiger partial charge on any atom is -0.356 e. The van der Waals surface area contributed by atoms with Crippen LogP contribution in [0.1, 0.15) is 54.1 Å². The van der Waals surface area contributed by atoms with Crippen LogP contribution in [0.25, 0.3) is 11.0 Å². The van der Waals surface area contributed by atoms with Gasteiger partial charge in [-0.2, -0.15) is 0 Å². The maximum atomic E-state index is 13.4. The van der Waals surface area contributed by atoms with Crippen molar-refractivity contribution in [3.05, 3.63) is 65.6 Å². The molecule has 3 aromatic rings. The summed E-state index contributed by atoms with van der Waals surface area (Å²) >= 11 is 0. The van der Waals surface area contributed by atoms with Crippen molar-refractivity contribution in [1.29, 1.82) is 0 Å². The van der Waals surface area contributed by atoms with Crippen molar-refractivity contribution >= 4 is 16.9 Å². The third-order valence-corrected chi connectivity index (χ3v) is 6.82. The molecule has 1 aliphatic heterocycles. The van der Waals surface area contributed by atoms with Gasteiger partial charge in [-0.25, -0.2) is 4.39 Å². The molecular weight excluding hydrogens is 405 g/mol. The van der Waals surface area contributed by atoms with Crippen LogP contribution >= 0.6 is 0 Å². The summed E-state index contributed by atoms with van der Waals surface area (Å²) in [6, 6.07) is 14.3. The number of nitrogens with zero attached hydrogens (tertiary/aromatic N) is 3. The van der Waals surface area contributed by atoms with Crippen molar-refractivity contribution < 1.29 is 13.7 Å². The Kier molecular flexibility index (Phi) is 6.21. The summed E-state index contributed by atoms with van der Waals surface area (Å²) in [5.41, 5.74) is 2.28. The first kappa shape index (κ1) is 21.1. The molecule has 1 amide bonds. The fourth-order valence-corrected chi connectivity index (χ4v) is 4.79. The molecule has 0 bridgehead atoms. The number of benzene rings is 2. The van der Waals surface area contributed by atoms with Gasteiger partial charge in [0.2, 0.25) is 0 Å². The van der Waals surface area contributed by atoms with Crippen LogP contribution in [-0.4, -0.2) is 53.6 Å². The van der Waals surface area contributed by atoms with Gasteiger partial charge in [0, 0.05) is 36.0 Å². The topological polar surface area (TPSA) is 49.6 Å². The number of carbonyl (C=O) groups excluding carboxylic acids is 1. The van der Waals surface area contributed by atoms with Gasteiger partial charge in [-0.15, -0.1) is 0 Å². The van der Waals surface area contributed by atoms with Crippen LogP contribution in [0.5, 0.6) is 0 Å². The van der Waals surface area contributed by atoms with Crippen LogP contribution in [0.3, 0.4) is 0 Å². The highest BCUT2D eigenvalue weighted by Crippen LogP contribution is 2.33. The molecule has 5 rings (SSSR count). The van der Waals surface area contributed by atoms with Crippen molar-refractivity contribution in [3.8, 4) is 0 Å². The van der Waals surface area contributed by atoms with E-state index in [9.17, 15) is 9.18 Å². The molecule has 2 aromatic carbocycles. The molecule has 0 N–H and O–H groups in total. The lowest BCUT2D eigenvalue weighted by atomic mass is 9.91. The van der Waals surface area contributed by atoms with E-state index in [1.54, 1.807) is 6.07 Å². The lowest BCUT2D eigenvalue weighted by Gasteiger charge is -2.32. The average molecular weight is 436 g/mol. The van der Waals surface area contributed by atoms with E-state index in [2.05, 4.69) is 15.0 Å². The van der Waals surface area contributed by atoms with Gasteiger partial charge >= 0.3 is 0 Å². The number of halogens is 1. The molecule has 0 spiro atoms. The molecule has 0 radical (unpaired) electrons. The molecule has 1 saturated carbocycles. The first-order valence-corrected chi connectivity index (χ1v) is 11.8. The van der Waals surface area contributed by atoms with Crippen LogP contribution in [0.4, 0.5) is 4.39 Å². The van der Waals surface area contributed by atoms with Gasteiger partial charge in [-0.1, -0.05) is 23.4 Å². The molecule has 168 valence electrons. The molecule has 1 aliphatic carbocycles. The van der Waals surface area contributed by atoms with E-state index in [-0.39, 0.29) is 11.7 Å². The van der Waals surface area contributed by atoms with Crippen LogP contribution in [0.15, 0.2) is 53.1 Å². The molecule has 2 aliphatic rings. The Balaban J connectivity index is 1.12. The number of aromatic nitrogens is 1. The van der Waals surface area contributed by atoms with Gasteiger partial charge in [-0.05, 0) is 81.9 Å². The molecule has 0 atom stereocenters. The van der Waals surface area contributed by atoms with Gasteiger partial charge in [0.05, 0.1) is 5.69 Å². The second-order valence-corrected chi connectivity index (χ2v) is 9.24. The van der Waals surface area contributed by atoms with E-state index in [1.807, 2.05) is 30.3 Å². The Hall–Kier alpha value is -2.73. The number of fused-ring (bicyclic) bond motifs is 1. The summed E-state index contributed by atoms with van der Waals surface area (Å²) in [6.45, 7) is 4.71. The molecule has 2 heterocycles. The maximum Gasteiger partial charge on any atom is 0.253 e. The second-order valence-electron chi connectivity index (χ2n) is 9.24. The quantitative estimate of drug-likeness (QED) is 0.495. The summed E-state index contributed by atoms with van der Waals surface area (Å²) in [4.78, 5) is 17.5. The Morgan fingerprint density at radius 3 is 2.62 bits per heavy atom. The SMILES string of the molecule is O=C(c1ccccc1)N(CCCN1CCC(c2noc3cc(F)ccc23)CC1)CC1CC1. The van der Waals surface area contributed by atoms with Gasteiger partial charge in [-0.3, -0.25) is 4.79 Å². The molecule has 6 heteroatoms. The van der Waals surface area contributed by atoms with Crippen LogP contribution in [-0.2, 0) is 0 Å². The highest BCUT2D eigenvalue weighted by molar-refractivity contribution is 5.94.